The fraction of sp³-hybridized carbons (Fsp3) is 0.333. The van der Waals surface area contributed by atoms with Crippen LogP contribution in [0.5, 0.6) is 5.75 Å². The van der Waals surface area contributed by atoms with E-state index in [0.29, 0.717) is 12.4 Å². The second kappa shape index (κ2) is 6.75. The summed E-state index contributed by atoms with van der Waals surface area (Å²) >= 11 is 0. The van der Waals surface area contributed by atoms with E-state index in [0.717, 1.165) is 30.7 Å². The lowest BCUT2D eigenvalue weighted by Crippen LogP contribution is -1.99. The first-order valence-electron chi connectivity index (χ1n) is 6.53. The Morgan fingerprint density at radius 2 is 2.05 bits per heavy atom. The van der Waals surface area contributed by atoms with E-state index < -0.39 is 5.97 Å². The molecule has 5 nitrogen and oxygen atoms in total. The predicted octanol–water partition coefficient (Wildman–Crippen LogP) is 3.08. The van der Waals surface area contributed by atoms with Gasteiger partial charge in [0.1, 0.15) is 11.5 Å². The van der Waals surface area contributed by atoms with E-state index in [1.807, 2.05) is 13.0 Å². The molecule has 0 aliphatic rings. The lowest BCUT2D eigenvalue weighted by molar-refractivity contribution is 0.0697. The Kier molecular flexibility index (Phi) is 4.76. The van der Waals surface area contributed by atoms with Gasteiger partial charge in [-0.25, -0.2) is 4.79 Å². The van der Waals surface area contributed by atoms with Crippen LogP contribution in [-0.2, 0) is 6.42 Å². The maximum Gasteiger partial charge on any atom is 0.335 e. The summed E-state index contributed by atoms with van der Waals surface area (Å²) in [6.07, 6.45) is 2.71. The molecule has 2 aromatic rings. The summed E-state index contributed by atoms with van der Waals surface area (Å²) < 4.78 is 10.7. The van der Waals surface area contributed by atoms with Crippen LogP contribution in [0.1, 0.15) is 34.7 Å². The molecule has 0 amide bonds. The van der Waals surface area contributed by atoms with Crippen molar-refractivity contribution in [3.8, 4) is 5.75 Å². The van der Waals surface area contributed by atoms with Crippen molar-refractivity contribution in [3.05, 3.63) is 47.3 Å². The molecule has 0 spiro atoms. The Morgan fingerprint density at radius 3 is 2.65 bits per heavy atom. The van der Waals surface area contributed by atoms with Gasteiger partial charge in [0.15, 0.2) is 0 Å². The molecule has 0 saturated carbocycles. The molecule has 0 bridgehead atoms. The van der Waals surface area contributed by atoms with Crippen LogP contribution in [-0.4, -0.2) is 22.8 Å². The summed E-state index contributed by atoms with van der Waals surface area (Å²) in [7, 11) is 0. The van der Waals surface area contributed by atoms with Gasteiger partial charge in [-0.15, -0.1) is 0 Å². The fourth-order valence-electron chi connectivity index (χ4n) is 1.82. The van der Waals surface area contributed by atoms with Gasteiger partial charge >= 0.3 is 5.97 Å². The van der Waals surface area contributed by atoms with E-state index in [2.05, 4.69) is 5.16 Å². The molecule has 0 aliphatic carbocycles. The third-order valence-electron chi connectivity index (χ3n) is 2.86. The van der Waals surface area contributed by atoms with E-state index in [-0.39, 0.29) is 5.56 Å². The zero-order valence-corrected chi connectivity index (χ0v) is 11.3. The molecule has 1 aromatic carbocycles. The van der Waals surface area contributed by atoms with Crippen LogP contribution in [0.25, 0.3) is 0 Å². The number of carbonyl (C=O) groups is 1. The van der Waals surface area contributed by atoms with Crippen LogP contribution in [0.2, 0.25) is 0 Å². The molecule has 5 heteroatoms. The monoisotopic (exact) mass is 275 g/mol. The van der Waals surface area contributed by atoms with Crippen LogP contribution >= 0.6 is 0 Å². The smallest absolute Gasteiger partial charge is 0.335 e. The zero-order chi connectivity index (χ0) is 14.4. The van der Waals surface area contributed by atoms with E-state index in [4.69, 9.17) is 14.4 Å². The largest absolute Gasteiger partial charge is 0.494 e. The van der Waals surface area contributed by atoms with Gasteiger partial charge in [0, 0.05) is 12.5 Å². The van der Waals surface area contributed by atoms with Crippen LogP contribution in [0.15, 0.2) is 34.9 Å². The van der Waals surface area contributed by atoms with Crippen molar-refractivity contribution < 1.29 is 19.2 Å². The van der Waals surface area contributed by atoms with Crippen molar-refractivity contribution in [1.29, 1.82) is 0 Å². The number of aromatic nitrogens is 1. The van der Waals surface area contributed by atoms with Gasteiger partial charge in [0.25, 0.3) is 0 Å². The van der Waals surface area contributed by atoms with Gasteiger partial charge in [-0.2, -0.15) is 0 Å². The van der Waals surface area contributed by atoms with E-state index in [1.54, 1.807) is 12.1 Å². The molecule has 1 N–H and O–H groups in total. The van der Waals surface area contributed by atoms with Crippen LogP contribution in [0.3, 0.4) is 0 Å². The molecule has 106 valence electrons. The number of aryl methyl sites for hydroxylation is 2. The van der Waals surface area contributed by atoms with Crippen LogP contribution in [0.4, 0.5) is 0 Å². The Balaban J connectivity index is 1.66. The topological polar surface area (TPSA) is 72.6 Å². The van der Waals surface area contributed by atoms with E-state index >= 15 is 0 Å². The molecule has 0 fully saturated rings. The minimum absolute atomic E-state index is 0.262. The highest BCUT2D eigenvalue weighted by molar-refractivity contribution is 5.87. The lowest BCUT2D eigenvalue weighted by atomic mass is 10.2. The average molecular weight is 275 g/mol. The van der Waals surface area contributed by atoms with Crippen molar-refractivity contribution in [1.82, 2.24) is 5.16 Å². The molecule has 0 radical (unpaired) electrons. The molecular formula is C15H17NO4. The summed E-state index contributed by atoms with van der Waals surface area (Å²) in [6, 6.07) is 8.35. The minimum Gasteiger partial charge on any atom is -0.494 e. The zero-order valence-electron chi connectivity index (χ0n) is 11.3. The first kappa shape index (κ1) is 14.1. The minimum atomic E-state index is -0.932. The lowest BCUT2D eigenvalue weighted by Gasteiger charge is -2.05. The van der Waals surface area contributed by atoms with Gasteiger partial charge in [0.05, 0.1) is 17.9 Å². The maximum atomic E-state index is 10.7. The normalized spacial score (nSPS) is 10.4. The number of carboxylic acid groups (broad SMARTS) is 1. The van der Waals surface area contributed by atoms with E-state index in [1.165, 1.54) is 12.1 Å². The molecule has 0 aliphatic heterocycles. The molecule has 0 saturated heterocycles. The van der Waals surface area contributed by atoms with Crippen molar-refractivity contribution in [2.75, 3.05) is 6.61 Å². The standard InChI is InChI=1S/C15H17NO4/c1-11-10-14(20-16-11)4-2-3-9-19-13-7-5-12(6-8-13)15(17)18/h5-8,10H,2-4,9H2,1H3,(H,17,18). The van der Waals surface area contributed by atoms with E-state index in [9.17, 15) is 4.79 Å². The first-order chi connectivity index (χ1) is 9.65. The summed E-state index contributed by atoms with van der Waals surface area (Å²) in [6.45, 7) is 2.50. The molecule has 20 heavy (non-hydrogen) atoms. The Bertz CT molecular complexity index is 560. The molecule has 0 unspecified atom stereocenters. The number of hydrogen-bond donors (Lipinski definition) is 1. The molecule has 2 rings (SSSR count). The molecular weight excluding hydrogens is 258 g/mol. The number of benzene rings is 1. The molecule has 1 aromatic heterocycles. The highest BCUT2D eigenvalue weighted by atomic mass is 16.5. The summed E-state index contributed by atoms with van der Waals surface area (Å²) in [4.78, 5) is 10.7. The second-order valence-electron chi connectivity index (χ2n) is 4.57. The maximum absolute atomic E-state index is 10.7. The first-order valence-corrected chi connectivity index (χ1v) is 6.53. The Hall–Kier alpha value is -2.30. The van der Waals surface area contributed by atoms with Gasteiger partial charge in [-0.1, -0.05) is 5.16 Å². The highest BCUT2D eigenvalue weighted by Gasteiger charge is 2.03. The third-order valence-corrected chi connectivity index (χ3v) is 2.86. The number of nitrogens with zero attached hydrogens (tertiary/aromatic N) is 1. The highest BCUT2D eigenvalue weighted by Crippen LogP contribution is 2.13. The van der Waals surface area contributed by atoms with Crippen molar-refractivity contribution in [3.63, 3.8) is 0 Å². The van der Waals surface area contributed by atoms with Crippen molar-refractivity contribution >= 4 is 5.97 Å². The summed E-state index contributed by atoms with van der Waals surface area (Å²) in [5.41, 5.74) is 1.16. The fourth-order valence-corrected chi connectivity index (χ4v) is 1.82. The Morgan fingerprint density at radius 1 is 1.30 bits per heavy atom. The van der Waals surface area contributed by atoms with Gasteiger partial charge in [0.2, 0.25) is 0 Å². The van der Waals surface area contributed by atoms with Crippen LogP contribution in [0, 0.1) is 6.92 Å². The number of carboxylic acids is 1. The summed E-state index contributed by atoms with van der Waals surface area (Å²) in [5.74, 6) is 0.651. The summed E-state index contributed by atoms with van der Waals surface area (Å²) in [5, 5.41) is 12.6. The molecule has 1 heterocycles. The van der Waals surface area contributed by atoms with Crippen molar-refractivity contribution in [2.45, 2.75) is 26.2 Å². The number of rotatable bonds is 7. The predicted molar refractivity (Wildman–Crippen MR) is 73.1 cm³/mol. The average Bonchev–Trinajstić information content (AvgIpc) is 2.84. The number of ether oxygens (including phenoxy) is 1. The molecule has 0 atom stereocenters. The van der Waals surface area contributed by atoms with Gasteiger partial charge in [-0.05, 0) is 44.0 Å². The second-order valence-corrected chi connectivity index (χ2v) is 4.57. The number of unbranched alkanes of at least 4 members (excludes halogenated alkanes) is 1. The Labute approximate surface area is 117 Å². The third kappa shape index (κ3) is 4.12. The van der Waals surface area contributed by atoms with Gasteiger partial charge in [-0.3, -0.25) is 0 Å². The number of aromatic carboxylic acids is 1. The van der Waals surface area contributed by atoms with Gasteiger partial charge < -0.3 is 14.4 Å². The SMILES string of the molecule is Cc1cc(CCCCOc2ccc(C(=O)O)cc2)on1. The number of hydrogen-bond acceptors (Lipinski definition) is 4. The van der Waals surface area contributed by atoms with Crippen molar-refractivity contribution in [2.24, 2.45) is 0 Å². The quantitative estimate of drug-likeness (QED) is 0.786. The van der Waals surface area contributed by atoms with Crippen LogP contribution < -0.4 is 4.74 Å².